The summed E-state index contributed by atoms with van der Waals surface area (Å²) in [5, 5.41) is 0.605. The smallest absolute Gasteiger partial charge is 0.308 e. The molecule has 4 heteroatoms. The van der Waals surface area contributed by atoms with E-state index >= 15 is 0 Å². The minimum absolute atomic E-state index is 0.298. The maximum absolute atomic E-state index is 10.5. The van der Waals surface area contributed by atoms with Gasteiger partial charge in [-0.15, -0.1) is 22.9 Å². The number of carbonyl (C=O) groups is 1. The predicted octanol–water partition coefficient (Wildman–Crippen LogP) is 2.41. The first-order valence-electron chi connectivity index (χ1n) is 3.05. The molecule has 1 aromatic rings. The Labute approximate surface area is 73.7 Å². The summed E-state index contributed by atoms with van der Waals surface area (Å²) < 4.78 is 4.82. The van der Waals surface area contributed by atoms with Gasteiger partial charge in [-0.3, -0.25) is 4.79 Å². The largest absolute Gasteiger partial charge is 0.416 e. The van der Waals surface area contributed by atoms with Gasteiger partial charge >= 0.3 is 5.97 Å². The number of alkyl halides is 1. The fourth-order valence-electron chi connectivity index (χ4n) is 0.627. The molecule has 0 fully saturated rings. The lowest BCUT2D eigenvalue weighted by molar-refractivity contribution is -0.131. The van der Waals surface area contributed by atoms with E-state index in [1.54, 1.807) is 6.07 Å². The van der Waals surface area contributed by atoms with E-state index in [1.807, 2.05) is 6.07 Å². The lowest BCUT2D eigenvalue weighted by Gasteiger charge is -1.92. The first-order chi connectivity index (χ1) is 5.22. The molecule has 0 aliphatic carbocycles. The Balaban J connectivity index is 2.65. The Kier molecular flexibility index (Phi) is 2.91. The van der Waals surface area contributed by atoms with Crippen molar-refractivity contribution < 1.29 is 9.53 Å². The minimum Gasteiger partial charge on any atom is -0.416 e. The highest BCUT2D eigenvalue weighted by molar-refractivity contribution is 7.14. The molecule has 0 aliphatic rings. The van der Waals surface area contributed by atoms with Crippen molar-refractivity contribution in [1.82, 2.24) is 0 Å². The molecule has 0 radical (unpaired) electrons. The van der Waals surface area contributed by atoms with E-state index in [0.29, 0.717) is 10.9 Å². The zero-order valence-electron chi connectivity index (χ0n) is 5.96. The molecule has 0 amide bonds. The molecule has 11 heavy (non-hydrogen) atoms. The minimum atomic E-state index is -0.298. The second-order valence-electron chi connectivity index (χ2n) is 1.95. The third kappa shape index (κ3) is 2.52. The standard InChI is InChI=1S/C7H7ClO2S/c1-5(9)10-7-3-2-6(4-8)11-7/h2-3H,4H2,1H3. The van der Waals surface area contributed by atoms with Gasteiger partial charge in [-0.1, -0.05) is 0 Å². The molecule has 0 atom stereocenters. The molecule has 0 unspecified atom stereocenters. The first kappa shape index (κ1) is 8.56. The lowest BCUT2D eigenvalue weighted by Crippen LogP contribution is -1.98. The van der Waals surface area contributed by atoms with E-state index < -0.39 is 0 Å². The third-order valence-corrected chi connectivity index (χ3v) is 2.42. The highest BCUT2D eigenvalue weighted by Gasteiger charge is 2.01. The summed E-state index contributed by atoms with van der Waals surface area (Å²) in [4.78, 5) is 11.5. The van der Waals surface area contributed by atoms with Crippen LogP contribution in [-0.4, -0.2) is 5.97 Å². The van der Waals surface area contributed by atoms with Crippen LogP contribution >= 0.6 is 22.9 Å². The Morgan fingerprint density at radius 1 is 1.73 bits per heavy atom. The average molecular weight is 191 g/mol. The van der Waals surface area contributed by atoms with Crippen molar-refractivity contribution in [2.75, 3.05) is 0 Å². The topological polar surface area (TPSA) is 26.3 Å². The van der Waals surface area contributed by atoms with Crippen LogP contribution in [0.15, 0.2) is 12.1 Å². The van der Waals surface area contributed by atoms with Crippen LogP contribution in [0.25, 0.3) is 0 Å². The summed E-state index contributed by atoms with van der Waals surface area (Å²) in [5.41, 5.74) is 0. The second kappa shape index (κ2) is 3.74. The fraction of sp³-hybridized carbons (Fsp3) is 0.286. The Bertz CT molecular complexity index is 257. The number of hydrogen-bond acceptors (Lipinski definition) is 3. The summed E-state index contributed by atoms with van der Waals surface area (Å²) in [5.74, 6) is 0.166. The maximum atomic E-state index is 10.5. The van der Waals surface area contributed by atoms with Gasteiger partial charge in [0.1, 0.15) is 0 Å². The molecule has 0 N–H and O–H groups in total. The van der Waals surface area contributed by atoms with Crippen molar-refractivity contribution in [2.45, 2.75) is 12.8 Å². The molecule has 2 nitrogen and oxygen atoms in total. The molecular weight excluding hydrogens is 184 g/mol. The highest BCUT2D eigenvalue weighted by Crippen LogP contribution is 2.25. The molecule has 0 spiro atoms. The van der Waals surface area contributed by atoms with Gasteiger partial charge < -0.3 is 4.74 Å². The van der Waals surface area contributed by atoms with Gasteiger partial charge in [0.2, 0.25) is 0 Å². The average Bonchev–Trinajstić information content (AvgIpc) is 2.34. The Hall–Kier alpha value is -0.540. The Morgan fingerprint density at radius 2 is 2.45 bits per heavy atom. The van der Waals surface area contributed by atoms with Crippen molar-refractivity contribution in [1.29, 1.82) is 0 Å². The predicted molar refractivity (Wildman–Crippen MR) is 45.2 cm³/mol. The van der Waals surface area contributed by atoms with Crippen LogP contribution in [0.1, 0.15) is 11.8 Å². The van der Waals surface area contributed by atoms with E-state index in [0.717, 1.165) is 4.88 Å². The molecule has 60 valence electrons. The third-order valence-electron chi connectivity index (χ3n) is 1.01. The summed E-state index contributed by atoms with van der Waals surface area (Å²) in [6.07, 6.45) is 0. The van der Waals surface area contributed by atoms with Crippen LogP contribution in [0.2, 0.25) is 0 Å². The van der Waals surface area contributed by atoms with E-state index in [9.17, 15) is 4.79 Å². The van der Waals surface area contributed by atoms with Gasteiger partial charge in [0.05, 0.1) is 5.88 Å². The van der Waals surface area contributed by atoms with Crippen molar-refractivity contribution in [2.24, 2.45) is 0 Å². The molecule has 0 bridgehead atoms. The summed E-state index contributed by atoms with van der Waals surface area (Å²) in [6.45, 7) is 1.38. The molecule has 0 saturated carbocycles. The zero-order valence-corrected chi connectivity index (χ0v) is 7.54. The van der Waals surface area contributed by atoms with Crippen molar-refractivity contribution >= 4 is 28.9 Å². The van der Waals surface area contributed by atoms with Crippen LogP contribution in [0, 0.1) is 0 Å². The van der Waals surface area contributed by atoms with Gasteiger partial charge in [-0.2, -0.15) is 0 Å². The summed E-state index contributed by atoms with van der Waals surface area (Å²) in [7, 11) is 0. The van der Waals surface area contributed by atoms with Gasteiger partial charge in [0, 0.05) is 11.8 Å². The van der Waals surface area contributed by atoms with Crippen LogP contribution in [0.3, 0.4) is 0 Å². The normalized spacial score (nSPS) is 9.64. The van der Waals surface area contributed by atoms with Crippen molar-refractivity contribution in [3.05, 3.63) is 17.0 Å². The summed E-state index contributed by atoms with van der Waals surface area (Å²) >= 11 is 6.93. The van der Waals surface area contributed by atoms with Crippen LogP contribution in [-0.2, 0) is 10.7 Å². The first-order valence-corrected chi connectivity index (χ1v) is 4.40. The molecule has 1 heterocycles. The number of hydrogen-bond donors (Lipinski definition) is 0. The number of thiophene rings is 1. The van der Waals surface area contributed by atoms with Crippen LogP contribution in [0.4, 0.5) is 0 Å². The van der Waals surface area contributed by atoms with Gasteiger partial charge in [0.15, 0.2) is 5.06 Å². The van der Waals surface area contributed by atoms with E-state index in [-0.39, 0.29) is 5.97 Å². The fourth-order valence-corrected chi connectivity index (χ4v) is 1.62. The highest BCUT2D eigenvalue weighted by atomic mass is 35.5. The van der Waals surface area contributed by atoms with Gasteiger partial charge in [-0.05, 0) is 12.1 Å². The number of carbonyl (C=O) groups excluding carboxylic acids is 1. The van der Waals surface area contributed by atoms with E-state index in [1.165, 1.54) is 18.3 Å². The molecular formula is C7H7ClO2S. The number of rotatable bonds is 2. The maximum Gasteiger partial charge on any atom is 0.308 e. The SMILES string of the molecule is CC(=O)Oc1ccc(CCl)s1. The molecule has 0 aromatic carbocycles. The monoisotopic (exact) mass is 190 g/mol. The van der Waals surface area contributed by atoms with Crippen LogP contribution in [0.5, 0.6) is 5.06 Å². The van der Waals surface area contributed by atoms with Gasteiger partial charge in [0.25, 0.3) is 0 Å². The van der Waals surface area contributed by atoms with Gasteiger partial charge in [-0.25, -0.2) is 0 Å². The molecule has 1 rings (SSSR count). The zero-order chi connectivity index (χ0) is 8.27. The molecule has 0 aliphatic heterocycles. The second-order valence-corrected chi connectivity index (χ2v) is 3.35. The summed E-state index contributed by atoms with van der Waals surface area (Å²) in [6, 6.07) is 3.58. The van der Waals surface area contributed by atoms with Crippen molar-refractivity contribution in [3.8, 4) is 5.06 Å². The van der Waals surface area contributed by atoms with Crippen molar-refractivity contribution in [3.63, 3.8) is 0 Å². The lowest BCUT2D eigenvalue weighted by atomic mass is 10.5. The number of ether oxygens (including phenoxy) is 1. The Morgan fingerprint density at radius 3 is 2.91 bits per heavy atom. The number of esters is 1. The molecule has 1 aromatic heterocycles. The van der Waals surface area contributed by atoms with E-state index in [4.69, 9.17) is 16.3 Å². The molecule has 0 saturated heterocycles. The van der Waals surface area contributed by atoms with E-state index in [2.05, 4.69) is 0 Å². The number of halogens is 1. The van der Waals surface area contributed by atoms with Crippen LogP contribution < -0.4 is 4.74 Å². The quantitative estimate of drug-likeness (QED) is 0.529.